The van der Waals surface area contributed by atoms with Gasteiger partial charge in [-0.25, -0.2) is 29.9 Å². The minimum Gasteiger partial charge on any atom is -0.490 e. The summed E-state index contributed by atoms with van der Waals surface area (Å²) < 4.78 is 10.8. The van der Waals surface area contributed by atoms with E-state index in [1.54, 1.807) is 38.0 Å². The van der Waals surface area contributed by atoms with E-state index in [1.807, 2.05) is 36.7 Å². The molecule has 0 aliphatic rings. The molecule has 0 spiro atoms. The fraction of sp³-hybridized carbons (Fsp3) is 0.120. The van der Waals surface area contributed by atoms with Crippen LogP contribution in [0.25, 0.3) is 44.6 Å². The quantitative estimate of drug-likeness (QED) is 0.250. The number of nitrogens with zero attached hydrogens (tertiary/aromatic N) is 6. The van der Waals surface area contributed by atoms with Crippen LogP contribution in [0.3, 0.4) is 0 Å². The van der Waals surface area contributed by atoms with Crippen molar-refractivity contribution in [3.63, 3.8) is 0 Å². The van der Waals surface area contributed by atoms with E-state index in [0.29, 0.717) is 13.2 Å². The van der Waals surface area contributed by atoms with Gasteiger partial charge >= 0.3 is 0 Å². The highest BCUT2D eigenvalue weighted by Gasteiger charge is 2.14. The third-order valence-electron chi connectivity index (χ3n) is 5.43. The zero-order valence-electron chi connectivity index (χ0n) is 19.9. The van der Waals surface area contributed by atoms with Gasteiger partial charge in [-0.15, -0.1) is 0 Å². The molecule has 0 aromatic carbocycles. The highest BCUT2D eigenvalue weighted by atomic mass is 16.5. The minimum absolute atomic E-state index is 0.229. The molecule has 0 amide bonds. The average molecular weight is 497 g/mol. The third kappa shape index (κ3) is 5.13. The highest BCUT2D eigenvalue weighted by Crippen LogP contribution is 2.33. The van der Waals surface area contributed by atoms with Gasteiger partial charge in [0.25, 0.3) is 0 Å². The van der Waals surface area contributed by atoms with Crippen LogP contribution in [0.4, 0.5) is 11.9 Å². The van der Waals surface area contributed by atoms with Gasteiger partial charge in [-0.2, -0.15) is 0 Å². The van der Waals surface area contributed by atoms with Crippen LogP contribution < -0.4 is 16.2 Å². The van der Waals surface area contributed by atoms with Gasteiger partial charge < -0.3 is 30.9 Å². The summed E-state index contributed by atoms with van der Waals surface area (Å²) in [7, 11) is 1.64. The Morgan fingerprint density at radius 2 is 1.38 bits per heavy atom. The van der Waals surface area contributed by atoms with Gasteiger partial charge in [-0.3, -0.25) is 0 Å². The van der Waals surface area contributed by atoms with Gasteiger partial charge in [0, 0.05) is 60.8 Å². The lowest BCUT2D eigenvalue weighted by Crippen LogP contribution is -2.04. The first kappa shape index (κ1) is 23.6. The number of anilines is 2. The predicted molar refractivity (Wildman–Crippen MR) is 140 cm³/mol. The Labute approximate surface area is 211 Å². The number of nitrogens with two attached hydrogens (primary N) is 2. The fourth-order valence-corrected chi connectivity index (χ4v) is 3.80. The van der Waals surface area contributed by atoms with E-state index in [4.69, 9.17) is 20.9 Å². The van der Waals surface area contributed by atoms with E-state index in [0.717, 1.165) is 50.3 Å². The van der Waals surface area contributed by atoms with Gasteiger partial charge in [-0.05, 0) is 30.3 Å². The number of hydrogen-bond acceptors (Lipinski definition) is 10. The summed E-state index contributed by atoms with van der Waals surface area (Å²) >= 11 is 0. The summed E-state index contributed by atoms with van der Waals surface area (Å²) in [5.74, 6) is 1.23. The first-order valence-corrected chi connectivity index (χ1v) is 11.3. The number of ether oxygens (including phenoxy) is 2. The Hall–Kier alpha value is -5.10. The second-order valence-electron chi connectivity index (χ2n) is 7.78. The molecule has 12 nitrogen and oxygen atoms in total. The minimum atomic E-state index is 0.229. The molecule has 0 saturated heterocycles. The molecule has 0 aliphatic carbocycles. The van der Waals surface area contributed by atoms with Crippen molar-refractivity contribution in [1.29, 1.82) is 0 Å². The number of methoxy groups -OCH3 is 1. The predicted octanol–water partition coefficient (Wildman–Crippen LogP) is 3.23. The monoisotopic (exact) mass is 496 g/mol. The summed E-state index contributed by atoms with van der Waals surface area (Å²) in [6, 6.07) is 9.33. The molecule has 0 unspecified atom stereocenters. The van der Waals surface area contributed by atoms with E-state index in [2.05, 4.69) is 39.9 Å². The maximum Gasteiger partial charge on any atom is 0.220 e. The zero-order chi connectivity index (χ0) is 25.6. The van der Waals surface area contributed by atoms with E-state index in [-0.39, 0.29) is 11.9 Å². The molecule has 6 aromatic rings. The number of rotatable bonds is 6. The van der Waals surface area contributed by atoms with Gasteiger partial charge in [0.2, 0.25) is 11.9 Å². The van der Waals surface area contributed by atoms with E-state index in [9.17, 15) is 0 Å². The van der Waals surface area contributed by atoms with Crippen LogP contribution in [0, 0.1) is 0 Å². The third-order valence-corrected chi connectivity index (χ3v) is 5.43. The molecular formula is C25H24N10O2. The Bertz CT molecular complexity index is 1650. The van der Waals surface area contributed by atoms with Crippen molar-refractivity contribution in [2.24, 2.45) is 0 Å². The van der Waals surface area contributed by atoms with E-state index < -0.39 is 0 Å². The van der Waals surface area contributed by atoms with Crippen molar-refractivity contribution in [1.82, 2.24) is 39.9 Å². The number of aromatic amines is 2. The molecule has 37 heavy (non-hydrogen) atoms. The van der Waals surface area contributed by atoms with E-state index in [1.165, 1.54) is 0 Å². The van der Waals surface area contributed by atoms with E-state index >= 15 is 0 Å². The molecular weight excluding hydrogens is 472 g/mol. The first-order valence-electron chi connectivity index (χ1n) is 11.3. The van der Waals surface area contributed by atoms with Crippen LogP contribution in [0.2, 0.25) is 0 Å². The van der Waals surface area contributed by atoms with Gasteiger partial charge in [0.1, 0.15) is 23.7 Å². The van der Waals surface area contributed by atoms with Crippen molar-refractivity contribution in [3.05, 3.63) is 67.5 Å². The Morgan fingerprint density at radius 3 is 2.11 bits per heavy atom. The summed E-state index contributed by atoms with van der Waals surface area (Å²) in [5, 5.41) is 1.90. The normalized spacial score (nSPS) is 10.8. The molecule has 0 radical (unpaired) electrons. The van der Waals surface area contributed by atoms with Crippen LogP contribution in [0.1, 0.15) is 0 Å². The van der Waals surface area contributed by atoms with Crippen molar-refractivity contribution in [3.8, 4) is 28.3 Å². The number of nitrogens with one attached hydrogen (secondary N) is 2. The van der Waals surface area contributed by atoms with Crippen LogP contribution in [-0.2, 0) is 4.74 Å². The lowest BCUT2D eigenvalue weighted by molar-refractivity contribution is 0.147. The summed E-state index contributed by atoms with van der Waals surface area (Å²) in [5.41, 5.74) is 16.2. The number of fused-ring (bicyclic) bond motifs is 2. The average Bonchev–Trinajstić information content (AvgIpc) is 3.55. The van der Waals surface area contributed by atoms with Crippen molar-refractivity contribution in [2.45, 2.75) is 0 Å². The Kier molecular flexibility index (Phi) is 6.81. The van der Waals surface area contributed by atoms with Crippen LogP contribution in [0.5, 0.6) is 5.75 Å². The second kappa shape index (κ2) is 10.7. The van der Waals surface area contributed by atoms with Crippen LogP contribution in [0.15, 0.2) is 67.5 Å². The van der Waals surface area contributed by atoms with Gasteiger partial charge in [-0.1, -0.05) is 0 Å². The molecule has 0 fully saturated rings. The molecule has 0 saturated carbocycles. The smallest absolute Gasteiger partial charge is 0.220 e. The maximum atomic E-state index is 5.75. The number of nitrogen functional groups attached to an aromatic ring is 2. The lowest BCUT2D eigenvalue weighted by Gasteiger charge is -2.08. The summed E-state index contributed by atoms with van der Waals surface area (Å²) in [6.45, 7) is 0.982. The Balaban J connectivity index is 0.000000157. The number of H-pyrrole nitrogens is 2. The topological polar surface area (TPSA) is 179 Å². The van der Waals surface area contributed by atoms with Gasteiger partial charge in [0.05, 0.1) is 23.4 Å². The van der Waals surface area contributed by atoms with Crippen LogP contribution in [-0.4, -0.2) is 60.2 Å². The molecule has 0 bridgehead atoms. The molecule has 186 valence electrons. The van der Waals surface area contributed by atoms with Crippen LogP contribution >= 0.6 is 0 Å². The molecule has 0 aliphatic heterocycles. The Morgan fingerprint density at radius 1 is 0.730 bits per heavy atom. The molecule has 6 rings (SSSR count). The summed E-state index contributed by atoms with van der Waals surface area (Å²) in [6.07, 6.45) is 10.4. The number of aromatic nitrogens is 8. The second-order valence-corrected chi connectivity index (χ2v) is 7.78. The number of hydrogen-bond donors (Lipinski definition) is 4. The molecule has 6 aromatic heterocycles. The largest absolute Gasteiger partial charge is 0.490 e. The molecule has 12 heteroatoms. The fourth-order valence-electron chi connectivity index (χ4n) is 3.80. The molecule has 0 atom stereocenters. The van der Waals surface area contributed by atoms with Crippen molar-refractivity contribution >= 4 is 34.0 Å². The maximum absolute atomic E-state index is 5.75. The SMILES string of the molecule is COCCOc1ccnc2[nH]cc(-c3ccnc(N)n3)c12.Nc1nccc(-c2c[nH]c3ncccc23)n1. The highest BCUT2D eigenvalue weighted by molar-refractivity contribution is 5.97. The van der Waals surface area contributed by atoms with Crippen molar-refractivity contribution < 1.29 is 9.47 Å². The van der Waals surface area contributed by atoms with Gasteiger partial charge in [0.15, 0.2) is 0 Å². The number of pyridine rings is 2. The zero-order valence-corrected chi connectivity index (χ0v) is 19.9. The lowest BCUT2D eigenvalue weighted by atomic mass is 10.1. The molecule has 6 heterocycles. The van der Waals surface area contributed by atoms with Crippen molar-refractivity contribution in [2.75, 3.05) is 31.8 Å². The summed E-state index contributed by atoms with van der Waals surface area (Å²) in [4.78, 5) is 30.9. The standard InChI is InChI=1S/C14H15N5O2.C11H9N5/c1-20-6-7-21-11-3-5-16-13-12(11)9(8-18-13)10-2-4-17-14(15)19-10;12-11-14-5-3-9(16-11)8-6-15-10-7(8)2-1-4-13-10/h2-5,8H,6-7H2,1H3,(H,16,18)(H2,15,17,19);1-6H,(H,13,15)(H2,12,14,16). The molecule has 6 N–H and O–H groups in total. The first-order chi connectivity index (χ1) is 18.1.